The minimum absolute atomic E-state index is 0.224. The molecule has 2 N–H and O–H groups in total. The summed E-state index contributed by atoms with van der Waals surface area (Å²) in [6.45, 7) is 5.19. The van der Waals surface area contributed by atoms with Crippen LogP contribution in [0.1, 0.15) is 29.1 Å². The normalized spacial score (nSPS) is 12.6. The van der Waals surface area contributed by atoms with Gasteiger partial charge in [-0.1, -0.05) is 13.8 Å². The summed E-state index contributed by atoms with van der Waals surface area (Å²) >= 11 is 1.23. The van der Waals surface area contributed by atoms with E-state index in [-0.39, 0.29) is 11.7 Å². The van der Waals surface area contributed by atoms with Crippen molar-refractivity contribution in [3.05, 3.63) is 34.5 Å². The van der Waals surface area contributed by atoms with Crippen molar-refractivity contribution in [2.24, 2.45) is 5.92 Å². The smallest absolute Gasteiger partial charge is 0.326 e. The predicted molar refractivity (Wildman–Crippen MR) is 80.2 cm³/mol. The van der Waals surface area contributed by atoms with Crippen LogP contribution in [-0.2, 0) is 4.79 Å². The largest absolute Gasteiger partial charge is 0.480 e. The van der Waals surface area contributed by atoms with E-state index in [1.54, 1.807) is 26.8 Å². The van der Waals surface area contributed by atoms with Gasteiger partial charge in [-0.25, -0.2) is 9.18 Å². The summed E-state index contributed by atoms with van der Waals surface area (Å²) in [6.07, 6.45) is 0. The molecule has 2 aromatic rings. The lowest BCUT2D eigenvalue weighted by Crippen LogP contribution is -2.44. The number of carbonyl (C=O) groups excluding carboxylic acids is 1. The number of halogens is 1. The lowest BCUT2D eigenvalue weighted by molar-refractivity contribution is -0.140. The second-order valence-corrected chi connectivity index (χ2v) is 6.28. The summed E-state index contributed by atoms with van der Waals surface area (Å²) in [7, 11) is 0. The molecule has 0 aliphatic rings. The molecule has 0 radical (unpaired) electrons. The average molecular weight is 309 g/mol. The molecule has 0 aliphatic carbocycles. The predicted octanol–water partition coefficient (Wildman–Crippen LogP) is 3.19. The third kappa shape index (κ3) is 3.05. The minimum atomic E-state index is -1.07. The summed E-state index contributed by atoms with van der Waals surface area (Å²) in [5.41, 5.74) is 0.667. The molecule has 0 bridgehead atoms. The van der Waals surface area contributed by atoms with Gasteiger partial charge < -0.3 is 10.4 Å². The van der Waals surface area contributed by atoms with Crippen molar-refractivity contribution < 1.29 is 19.1 Å². The average Bonchev–Trinajstić information content (AvgIpc) is 2.72. The van der Waals surface area contributed by atoms with Crippen molar-refractivity contribution in [2.45, 2.75) is 26.8 Å². The third-order valence-electron chi connectivity index (χ3n) is 3.32. The van der Waals surface area contributed by atoms with E-state index >= 15 is 0 Å². The number of aryl methyl sites for hydroxylation is 1. The van der Waals surface area contributed by atoms with Gasteiger partial charge in [-0.2, -0.15) is 0 Å². The number of hydrogen-bond donors (Lipinski definition) is 2. The first kappa shape index (κ1) is 15.4. The number of carboxylic acids is 1. The first-order chi connectivity index (χ1) is 9.81. The third-order valence-corrected chi connectivity index (χ3v) is 4.60. The molecule has 0 fully saturated rings. The van der Waals surface area contributed by atoms with Crippen LogP contribution in [0.3, 0.4) is 0 Å². The highest BCUT2D eigenvalue weighted by Gasteiger charge is 2.25. The van der Waals surface area contributed by atoms with Gasteiger partial charge in [0.05, 0.1) is 4.88 Å². The van der Waals surface area contributed by atoms with Gasteiger partial charge in [-0.3, -0.25) is 4.79 Å². The Morgan fingerprint density at radius 1 is 1.33 bits per heavy atom. The monoisotopic (exact) mass is 309 g/mol. The van der Waals surface area contributed by atoms with Crippen LogP contribution < -0.4 is 5.32 Å². The van der Waals surface area contributed by atoms with E-state index in [0.29, 0.717) is 15.8 Å². The number of carbonyl (C=O) groups is 2. The maximum atomic E-state index is 13.3. The quantitative estimate of drug-likeness (QED) is 0.911. The van der Waals surface area contributed by atoms with Gasteiger partial charge in [0.1, 0.15) is 11.9 Å². The maximum absolute atomic E-state index is 13.3. The van der Waals surface area contributed by atoms with Crippen LogP contribution in [0.4, 0.5) is 4.39 Å². The molecule has 2 rings (SSSR count). The van der Waals surface area contributed by atoms with Gasteiger partial charge in [-0.05, 0) is 42.0 Å². The Bertz CT molecular complexity index is 708. The zero-order chi connectivity index (χ0) is 15.7. The Morgan fingerprint density at radius 3 is 2.57 bits per heavy atom. The molecule has 1 heterocycles. The van der Waals surface area contributed by atoms with Crippen molar-refractivity contribution in [1.29, 1.82) is 0 Å². The maximum Gasteiger partial charge on any atom is 0.326 e. The molecule has 21 heavy (non-hydrogen) atoms. The number of amides is 1. The highest BCUT2D eigenvalue weighted by Crippen LogP contribution is 2.31. The molecule has 0 saturated heterocycles. The highest BCUT2D eigenvalue weighted by atomic mass is 32.1. The van der Waals surface area contributed by atoms with E-state index < -0.39 is 17.9 Å². The van der Waals surface area contributed by atoms with E-state index in [9.17, 15) is 14.0 Å². The van der Waals surface area contributed by atoms with E-state index in [2.05, 4.69) is 5.32 Å². The number of rotatable bonds is 4. The van der Waals surface area contributed by atoms with E-state index in [1.807, 2.05) is 0 Å². The Hall–Kier alpha value is -1.95. The van der Waals surface area contributed by atoms with Crippen LogP contribution in [0.5, 0.6) is 0 Å². The minimum Gasteiger partial charge on any atom is -0.480 e. The molecular weight excluding hydrogens is 293 g/mol. The van der Waals surface area contributed by atoms with Crippen LogP contribution in [-0.4, -0.2) is 23.0 Å². The van der Waals surface area contributed by atoms with E-state index in [4.69, 9.17) is 5.11 Å². The fourth-order valence-electron chi connectivity index (χ4n) is 2.13. The van der Waals surface area contributed by atoms with E-state index in [0.717, 1.165) is 4.70 Å². The van der Waals surface area contributed by atoms with Crippen LogP contribution in [0.25, 0.3) is 10.1 Å². The first-order valence-electron chi connectivity index (χ1n) is 6.53. The molecule has 112 valence electrons. The SMILES string of the molecule is Cc1c(C(=O)N[C@@H](C(=O)O)C(C)C)sc2ccc(F)cc12. The van der Waals surface area contributed by atoms with Crippen molar-refractivity contribution in [1.82, 2.24) is 5.32 Å². The number of carboxylic acid groups (broad SMARTS) is 1. The summed E-state index contributed by atoms with van der Waals surface area (Å²) in [5, 5.41) is 12.3. The lowest BCUT2D eigenvalue weighted by Gasteiger charge is -2.17. The second kappa shape index (κ2) is 5.81. The Labute approximate surface area is 125 Å². The number of fused-ring (bicyclic) bond motifs is 1. The molecule has 1 amide bonds. The van der Waals surface area contributed by atoms with Crippen LogP contribution in [0, 0.1) is 18.7 Å². The molecule has 0 spiro atoms. The topological polar surface area (TPSA) is 66.4 Å². The number of hydrogen-bond acceptors (Lipinski definition) is 3. The number of nitrogens with one attached hydrogen (secondary N) is 1. The zero-order valence-corrected chi connectivity index (χ0v) is 12.8. The lowest BCUT2D eigenvalue weighted by atomic mass is 10.0. The summed E-state index contributed by atoms with van der Waals surface area (Å²) in [6, 6.07) is 3.40. The molecule has 1 aromatic heterocycles. The second-order valence-electron chi connectivity index (χ2n) is 5.23. The van der Waals surface area contributed by atoms with Gasteiger partial charge in [0.2, 0.25) is 0 Å². The number of thiophene rings is 1. The fraction of sp³-hybridized carbons (Fsp3) is 0.333. The van der Waals surface area contributed by atoms with Gasteiger partial charge in [0.15, 0.2) is 0 Å². The molecule has 0 aliphatic heterocycles. The van der Waals surface area contributed by atoms with Gasteiger partial charge >= 0.3 is 5.97 Å². The Morgan fingerprint density at radius 2 is 2.00 bits per heavy atom. The van der Waals surface area contributed by atoms with Crippen molar-refractivity contribution in [2.75, 3.05) is 0 Å². The molecular formula is C15H16FNO3S. The van der Waals surface area contributed by atoms with Crippen molar-refractivity contribution >= 4 is 33.3 Å². The Kier molecular flexibility index (Phi) is 4.27. The Balaban J connectivity index is 2.35. The standard InChI is InChI=1S/C15H16FNO3S/c1-7(2)12(15(19)20)17-14(18)13-8(3)10-6-9(16)4-5-11(10)21-13/h4-7,12H,1-3H3,(H,17,18)(H,19,20)/t12-/m1/s1. The molecule has 4 nitrogen and oxygen atoms in total. The molecule has 1 atom stereocenters. The molecule has 0 unspecified atom stereocenters. The zero-order valence-electron chi connectivity index (χ0n) is 11.9. The van der Waals surface area contributed by atoms with Crippen molar-refractivity contribution in [3.8, 4) is 0 Å². The highest BCUT2D eigenvalue weighted by molar-refractivity contribution is 7.21. The van der Waals surface area contributed by atoms with Gasteiger partial charge in [-0.15, -0.1) is 11.3 Å². The van der Waals surface area contributed by atoms with Crippen molar-refractivity contribution in [3.63, 3.8) is 0 Å². The van der Waals surface area contributed by atoms with Crippen LogP contribution >= 0.6 is 11.3 Å². The van der Waals surface area contributed by atoms with Gasteiger partial charge in [0.25, 0.3) is 5.91 Å². The summed E-state index contributed by atoms with van der Waals surface area (Å²) in [4.78, 5) is 23.8. The van der Waals surface area contributed by atoms with Crippen LogP contribution in [0.15, 0.2) is 18.2 Å². The summed E-state index contributed by atoms with van der Waals surface area (Å²) < 4.78 is 14.1. The molecule has 0 saturated carbocycles. The first-order valence-corrected chi connectivity index (χ1v) is 7.35. The molecule has 6 heteroatoms. The number of benzene rings is 1. The molecule has 1 aromatic carbocycles. The fourth-order valence-corrected chi connectivity index (χ4v) is 3.22. The van der Waals surface area contributed by atoms with E-state index in [1.165, 1.54) is 23.5 Å². The van der Waals surface area contributed by atoms with Crippen LogP contribution in [0.2, 0.25) is 0 Å². The number of aliphatic carboxylic acids is 1. The van der Waals surface area contributed by atoms with Gasteiger partial charge in [0, 0.05) is 4.70 Å². The summed E-state index contributed by atoms with van der Waals surface area (Å²) in [5.74, 6) is -2.09.